The molecule has 0 spiro atoms. The van der Waals surface area contributed by atoms with Gasteiger partial charge in [0.25, 0.3) is 0 Å². The van der Waals surface area contributed by atoms with Crippen LogP contribution in [0.1, 0.15) is 12.5 Å². The lowest BCUT2D eigenvalue weighted by molar-refractivity contribution is 0.105. The highest BCUT2D eigenvalue weighted by Gasteiger charge is 2.09. The van der Waals surface area contributed by atoms with Crippen molar-refractivity contribution in [2.75, 3.05) is 33.9 Å². The zero-order valence-corrected chi connectivity index (χ0v) is 11.2. The molecule has 1 aromatic carbocycles. The van der Waals surface area contributed by atoms with Crippen molar-refractivity contribution >= 4 is 0 Å². The van der Waals surface area contributed by atoms with E-state index in [-0.39, 0.29) is 0 Å². The molecular formula is C14H20N2O2. The van der Waals surface area contributed by atoms with Gasteiger partial charge in [-0.3, -0.25) is 4.90 Å². The van der Waals surface area contributed by atoms with Crippen LogP contribution in [0.4, 0.5) is 0 Å². The number of nitrogens with zero attached hydrogens (tertiary/aromatic N) is 2. The fourth-order valence-electron chi connectivity index (χ4n) is 1.57. The highest BCUT2D eigenvalue weighted by atomic mass is 16.5. The summed E-state index contributed by atoms with van der Waals surface area (Å²) in [5.74, 6) is 0.646. The lowest BCUT2D eigenvalue weighted by atomic mass is 10.2. The Bertz CT molecular complexity index is 401. The molecule has 1 unspecified atom stereocenters. The van der Waals surface area contributed by atoms with Gasteiger partial charge in [-0.05, 0) is 26.1 Å². The first kappa shape index (κ1) is 14.5. The standard InChI is InChI=1S/C14H20N2O2/c1-12(11-17-3)16(2)8-9-18-14-7-5-4-6-13(14)10-15/h4-7,12H,8-9,11H2,1-3H3. The third-order valence-corrected chi connectivity index (χ3v) is 2.87. The molecule has 0 radical (unpaired) electrons. The molecule has 0 aromatic heterocycles. The van der Waals surface area contributed by atoms with E-state index in [0.29, 0.717) is 30.6 Å². The molecule has 0 amide bonds. The van der Waals surface area contributed by atoms with Crippen LogP contribution in [0.2, 0.25) is 0 Å². The summed E-state index contributed by atoms with van der Waals surface area (Å²) in [6.07, 6.45) is 0. The molecule has 1 rings (SSSR count). The third kappa shape index (κ3) is 4.36. The maximum absolute atomic E-state index is 8.93. The second kappa shape index (κ2) is 7.70. The Kier molecular flexibility index (Phi) is 6.20. The predicted molar refractivity (Wildman–Crippen MR) is 70.6 cm³/mol. The minimum absolute atomic E-state index is 0.352. The lowest BCUT2D eigenvalue weighted by Crippen LogP contribution is -2.35. The van der Waals surface area contributed by atoms with E-state index in [1.165, 1.54) is 0 Å². The van der Waals surface area contributed by atoms with Crippen molar-refractivity contribution in [2.45, 2.75) is 13.0 Å². The highest BCUT2D eigenvalue weighted by Crippen LogP contribution is 2.16. The average molecular weight is 248 g/mol. The molecule has 0 N–H and O–H groups in total. The number of methoxy groups -OCH3 is 1. The maximum Gasteiger partial charge on any atom is 0.137 e. The highest BCUT2D eigenvalue weighted by molar-refractivity contribution is 5.42. The third-order valence-electron chi connectivity index (χ3n) is 2.87. The number of likely N-dealkylation sites (N-methyl/N-ethyl adjacent to an activating group) is 1. The van der Waals surface area contributed by atoms with Crippen LogP contribution < -0.4 is 4.74 Å². The van der Waals surface area contributed by atoms with E-state index in [4.69, 9.17) is 14.7 Å². The molecule has 4 heteroatoms. The topological polar surface area (TPSA) is 45.5 Å². The molecule has 0 fully saturated rings. The molecule has 1 atom stereocenters. The van der Waals surface area contributed by atoms with Gasteiger partial charge < -0.3 is 9.47 Å². The van der Waals surface area contributed by atoms with E-state index in [2.05, 4.69) is 17.9 Å². The second-order valence-electron chi connectivity index (χ2n) is 4.24. The summed E-state index contributed by atoms with van der Waals surface area (Å²) in [6.45, 7) is 4.16. The van der Waals surface area contributed by atoms with E-state index < -0.39 is 0 Å². The number of hydrogen-bond acceptors (Lipinski definition) is 4. The zero-order valence-electron chi connectivity index (χ0n) is 11.2. The van der Waals surface area contributed by atoms with E-state index in [1.807, 2.05) is 25.2 Å². The first-order valence-corrected chi connectivity index (χ1v) is 6.00. The number of rotatable bonds is 7. The van der Waals surface area contributed by atoms with Gasteiger partial charge in [-0.25, -0.2) is 0 Å². The van der Waals surface area contributed by atoms with Crippen LogP contribution in [-0.2, 0) is 4.74 Å². The van der Waals surface area contributed by atoms with Crippen molar-refractivity contribution in [3.05, 3.63) is 29.8 Å². The summed E-state index contributed by atoms with van der Waals surface area (Å²) in [5.41, 5.74) is 0.574. The minimum Gasteiger partial charge on any atom is -0.491 e. The molecule has 0 aliphatic rings. The van der Waals surface area contributed by atoms with Crippen LogP contribution in [0.15, 0.2) is 24.3 Å². The van der Waals surface area contributed by atoms with Crippen molar-refractivity contribution in [3.63, 3.8) is 0 Å². The summed E-state index contributed by atoms with van der Waals surface area (Å²) in [5, 5.41) is 8.93. The van der Waals surface area contributed by atoms with Gasteiger partial charge in [0.15, 0.2) is 0 Å². The molecule has 4 nitrogen and oxygen atoms in total. The predicted octanol–water partition coefficient (Wildman–Crippen LogP) is 1.90. The Labute approximate surface area is 109 Å². The van der Waals surface area contributed by atoms with Crippen molar-refractivity contribution in [1.29, 1.82) is 5.26 Å². The van der Waals surface area contributed by atoms with E-state index in [0.717, 1.165) is 6.54 Å². The van der Waals surface area contributed by atoms with Gasteiger partial charge in [-0.1, -0.05) is 12.1 Å². The van der Waals surface area contributed by atoms with Gasteiger partial charge in [0.2, 0.25) is 0 Å². The fourth-order valence-corrected chi connectivity index (χ4v) is 1.57. The molecule has 0 saturated heterocycles. The number of benzene rings is 1. The smallest absolute Gasteiger partial charge is 0.137 e. The Morgan fingerprint density at radius 2 is 2.11 bits per heavy atom. The molecule has 0 saturated carbocycles. The first-order chi connectivity index (χ1) is 8.69. The van der Waals surface area contributed by atoms with Gasteiger partial charge in [0.1, 0.15) is 18.4 Å². The van der Waals surface area contributed by atoms with Gasteiger partial charge >= 0.3 is 0 Å². The van der Waals surface area contributed by atoms with Gasteiger partial charge in [-0.2, -0.15) is 5.26 Å². The van der Waals surface area contributed by atoms with Gasteiger partial charge in [0.05, 0.1) is 12.2 Å². The van der Waals surface area contributed by atoms with Crippen LogP contribution in [0.3, 0.4) is 0 Å². The summed E-state index contributed by atoms with van der Waals surface area (Å²) >= 11 is 0. The summed E-state index contributed by atoms with van der Waals surface area (Å²) in [6, 6.07) is 9.74. The van der Waals surface area contributed by atoms with Crippen LogP contribution >= 0.6 is 0 Å². The van der Waals surface area contributed by atoms with Crippen LogP contribution in [0, 0.1) is 11.3 Å². The first-order valence-electron chi connectivity index (χ1n) is 6.00. The number of ether oxygens (including phenoxy) is 2. The van der Waals surface area contributed by atoms with Crippen molar-refractivity contribution in [2.24, 2.45) is 0 Å². The fraction of sp³-hybridized carbons (Fsp3) is 0.500. The van der Waals surface area contributed by atoms with Crippen molar-refractivity contribution < 1.29 is 9.47 Å². The SMILES string of the molecule is COCC(C)N(C)CCOc1ccccc1C#N. The van der Waals surface area contributed by atoms with Crippen LogP contribution in [0.25, 0.3) is 0 Å². The quantitative estimate of drug-likeness (QED) is 0.739. The summed E-state index contributed by atoms with van der Waals surface area (Å²) in [7, 11) is 3.73. The summed E-state index contributed by atoms with van der Waals surface area (Å²) in [4.78, 5) is 2.17. The molecule has 18 heavy (non-hydrogen) atoms. The van der Waals surface area contributed by atoms with Crippen molar-refractivity contribution in [1.82, 2.24) is 4.90 Å². The van der Waals surface area contributed by atoms with Crippen LogP contribution in [0.5, 0.6) is 5.75 Å². The van der Waals surface area contributed by atoms with Crippen molar-refractivity contribution in [3.8, 4) is 11.8 Å². The van der Waals surface area contributed by atoms with E-state index in [9.17, 15) is 0 Å². The Hall–Kier alpha value is -1.57. The molecular weight excluding hydrogens is 228 g/mol. The Morgan fingerprint density at radius 3 is 2.78 bits per heavy atom. The van der Waals surface area contributed by atoms with E-state index in [1.54, 1.807) is 13.2 Å². The van der Waals surface area contributed by atoms with Crippen LogP contribution in [-0.4, -0.2) is 44.9 Å². The molecule has 0 bridgehead atoms. The minimum atomic E-state index is 0.352. The van der Waals surface area contributed by atoms with E-state index >= 15 is 0 Å². The maximum atomic E-state index is 8.93. The van der Waals surface area contributed by atoms with Gasteiger partial charge in [0, 0.05) is 19.7 Å². The molecule has 0 heterocycles. The number of hydrogen-bond donors (Lipinski definition) is 0. The Balaban J connectivity index is 2.40. The summed E-state index contributed by atoms with van der Waals surface area (Å²) < 4.78 is 10.7. The monoisotopic (exact) mass is 248 g/mol. The lowest BCUT2D eigenvalue weighted by Gasteiger charge is -2.23. The molecule has 0 aliphatic heterocycles. The Morgan fingerprint density at radius 1 is 1.39 bits per heavy atom. The zero-order chi connectivity index (χ0) is 13.4. The normalized spacial score (nSPS) is 12.2. The van der Waals surface area contributed by atoms with Gasteiger partial charge in [-0.15, -0.1) is 0 Å². The average Bonchev–Trinajstić information content (AvgIpc) is 2.39. The molecule has 1 aromatic rings. The molecule has 0 aliphatic carbocycles. The number of para-hydroxylation sites is 1. The largest absolute Gasteiger partial charge is 0.491 e. The number of nitriles is 1. The second-order valence-corrected chi connectivity index (χ2v) is 4.24. The molecule has 98 valence electrons.